The number of pyridine rings is 1. The second-order valence-corrected chi connectivity index (χ2v) is 5.81. The van der Waals surface area contributed by atoms with E-state index in [1.807, 2.05) is 44.4 Å². The number of rotatable bonds is 4. The Morgan fingerprint density at radius 1 is 1.38 bits per heavy atom. The van der Waals surface area contributed by atoms with Gasteiger partial charge in [-0.1, -0.05) is 30.7 Å². The number of hydrogen-bond acceptors (Lipinski definition) is 3. The Labute approximate surface area is 125 Å². The number of carbonyl (C=O) groups is 1. The monoisotopic (exact) mass is 283 g/mol. The van der Waals surface area contributed by atoms with Gasteiger partial charge in [0.15, 0.2) is 0 Å². The molecule has 1 saturated carbocycles. The summed E-state index contributed by atoms with van der Waals surface area (Å²) < 4.78 is 0. The van der Waals surface area contributed by atoms with Crippen LogP contribution in [0.2, 0.25) is 0 Å². The second kappa shape index (κ2) is 5.72. The van der Waals surface area contributed by atoms with Gasteiger partial charge >= 0.3 is 0 Å². The lowest BCUT2D eigenvalue weighted by molar-refractivity contribution is 0.0740. The van der Waals surface area contributed by atoms with Crippen molar-refractivity contribution < 1.29 is 4.79 Å². The first kappa shape index (κ1) is 13.9. The molecule has 0 atom stereocenters. The average Bonchev–Trinajstić information content (AvgIpc) is 2.48. The van der Waals surface area contributed by atoms with Crippen molar-refractivity contribution in [1.82, 2.24) is 9.88 Å². The zero-order chi connectivity index (χ0) is 14.8. The van der Waals surface area contributed by atoms with Gasteiger partial charge in [0.05, 0.1) is 0 Å². The van der Waals surface area contributed by atoms with E-state index in [4.69, 9.17) is 0 Å². The van der Waals surface area contributed by atoms with Crippen LogP contribution in [0.15, 0.2) is 30.3 Å². The van der Waals surface area contributed by atoms with E-state index in [1.54, 1.807) is 4.90 Å². The van der Waals surface area contributed by atoms with Gasteiger partial charge in [-0.05, 0) is 30.2 Å². The van der Waals surface area contributed by atoms with E-state index in [-0.39, 0.29) is 5.91 Å². The lowest BCUT2D eigenvalue weighted by Gasteiger charge is -2.30. The molecule has 4 heteroatoms. The third-order valence-corrected chi connectivity index (χ3v) is 4.30. The van der Waals surface area contributed by atoms with Crippen LogP contribution in [-0.2, 0) is 0 Å². The predicted molar refractivity (Wildman–Crippen MR) is 85.6 cm³/mol. The SMILES string of the molecule is CNc1nc(C(=O)N(C)CC2CCC2)cc2ccccc12. The van der Waals surface area contributed by atoms with Crippen molar-refractivity contribution in [3.63, 3.8) is 0 Å². The molecule has 1 N–H and O–H groups in total. The molecule has 21 heavy (non-hydrogen) atoms. The Kier molecular flexibility index (Phi) is 3.78. The van der Waals surface area contributed by atoms with Crippen LogP contribution in [0.4, 0.5) is 5.82 Å². The van der Waals surface area contributed by atoms with Gasteiger partial charge in [0.25, 0.3) is 5.91 Å². The van der Waals surface area contributed by atoms with E-state index in [0.717, 1.165) is 23.1 Å². The zero-order valence-electron chi connectivity index (χ0n) is 12.6. The predicted octanol–water partition coefficient (Wildman–Crippen LogP) is 3.15. The van der Waals surface area contributed by atoms with Crippen LogP contribution in [0.25, 0.3) is 10.8 Å². The van der Waals surface area contributed by atoms with E-state index < -0.39 is 0 Å². The van der Waals surface area contributed by atoms with Gasteiger partial charge in [0, 0.05) is 26.0 Å². The number of carbonyl (C=O) groups excluding carboxylic acids is 1. The largest absolute Gasteiger partial charge is 0.373 e. The summed E-state index contributed by atoms with van der Waals surface area (Å²) in [5.41, 5.74) is 0.514. The van der Waals surface area contributed by atoms with Crippen molar-refractivity contribution in [3.05, 3.63) is 36.0 Å². The average molecular weight is 283 g/mol. The molecule has 1 fully saturated rings. The summed E-state index contributed by atoms with van der Waals surface area (Å²) in [5, 5.41) is 5.16. The molecule has 0 saturated heterocycles. The van der Waals surface area contributed by atoms with E-state index in [1.165, 1.54) is 19.3 Å². The number of fused-ring (bicyclic) bond motifs is 1. The summed E-state index contributed by atoms with van der Waals surface area (Å²) in [6, 6.07) is 9.88. The molecule has 1 aliphatic rings. The highest BCUT2D eigenvalue weighted by Gasteiger charge is 2.23. The standard InChI is InChI=1S/C17H21N3O/c1-18-16-14-9-4-3-8-13(14)10-15(19-16)17(21)20(2)11-12-6-5-7-12/h3-4,8-10,12H,5-7,11H2,1-2H3,(H,18,19). The minimum absolute atomic E-state index is 0.00385. The molecule has 1 aliphatic carbocycles. The Bertz CT molecular complexity index is 664. The highest BCUT2D eigenvalue weighted by atomic mass is 16.2. The molecule has 3 rings (SSSR count). The summed E-state index contributed by atoms with van der Waals surface area (Å²) >= 11 is 0. The minimum atomic E-state index is 0.00385. The molecule has 0 aliphatic heterocycles. The number of nitrogens with zero attached hydrogens (tertiary/aromatic N) is 2. The fourth-order valence-electron chi connectivity index (χ4n) is 2.84. The Morgan fingerprint density at radius 3 is 2.81 bits per heavy atom. The first-order valence-electron chi connectivity index (χ1n) is 7.52. The Hall–Kier alpha value is -2.10. The molecule has 1 aromatic heterocycles. The highest BCUT2D eigenvalue weighted by molar-refractivity contribution is 6.00. The third-order valence-electron chi connectivity index (χ3n) is 4.30. The smallest absolute Gasteiger partial charge is 0.272 e. The molecular weight excluding hydrogens is 262 g/mol. The molecule has 1 aromatic carbocycles. The fraction of sp³-hybridized carbons (Fsp3) is 0.412. The number of anilines is 1. The molecule has 2 aromatic rings. The van der Waals surface area contributed by atoms with E-state index in [9.17, 15) is 4.79 Å². The van der Waals surface area contributed by atoms with Gasteiger partial charge in [-0.15, -0.1) is 0 Å². The molecule has 0 spiro atoms. The third kappa shape index (κ3) is 2.71. The van der Waals surface area contributed by atoms with Crippen LogP contribution >= 0.6 is 0 Å². The van der Waals surface area contributed by atoms with Gasteiger partial charge in [-0.2, -0.15) is 0 Å². The summed E-state index contributed by atoms with van der Waals surface area (Å²) in [6.45, 7) is 0.836. The summed E-state index contributed by atoms with van der Waals surface area (Å²) in [5.74, 6) is 1.43. The molecule has 0 unspecified atom stereocenters. The van der Waals surface area contributed by atoms with Gasteiger partial charge in [0.1, 0.15) is 11.5 Å². The summed E-state index contributed by atoms with van der Waals surface area (Å²) in [4.78, 5) is 18.9. The first-order chi connectivity index (χ1) is 10.2. The van der Waals surface area contributed by atoms with Crippen LogP contribution < -0.4 is 5.32 Å². The van der Waals surface area contributed by atoms with Crippen LogP contribution in [0, 0.1) is 5.92 Å². The van der Waals surface area contributed by atoms with Crippen LogP contribution in [0.3, 0.4) is 0 Å². The maximum absolute atomic E-state index is 12.6. The quantitative estimate of drug-likeness (QED) is 0.937. The van der Waals surface area contributed by atoms with E-state index in [0.29, 0.717) is 11.6 Å². The van der Waals surface area contributed by atoms with Crippen LogP contribution in [0.1, 0.15) is 29.8 Å². The van der Waals surface area contributed by atoms with Crippen LogP contribution in [0.5, 0.6) is 0 Å². The maximum atomic E-state index is 12.6. The van der Waals surface area contributed by atoms with Crippen molar-refractivity contribution in [2.75, 3.05) is 26.0 Å². The number of benzene rings is 1. The zero-order valence-corrected chi connectivity index (χ0v) is 12.6. The Balaban J connectivity index is 1.90. The van der Waals surface area contributed by atoms with Crippen molar-refractivity contribution in [1.29, 1.82) is 0 Å². The number of hydrogen-bond donors (Lipinski definition) is 1. The molecular formula is C17H21N3O. The van der Waals surface area contributed by atoms with Crippen molar-refractivity contribution in [2.45, 2.75) is 19.3 Å². The summed E-state index contributed by atoms with van der Waals surface area (Å²) in [6.07, 6.45) is 3.78. The lowest BCUT2D eigenvalue weighted by Crippen LogP contribution is -2.34. The number of nitrogens with one attached hydrogen (secondary N) is 1. The van der Waals surface area contributed by atoms with Crippen molar-refractivity contribution in [3.8, 4) is 0 Å². The topological polar surface area (TPSA) is 45.2 Å². The second-order valence-electron chi connectivity index (χ2n) is 5.81. The van der Waals surface area contributed by atoms with Gasteiger partial charge in [-0.3, -0.25) is 4.79 Å². The van der Waals surface area contributed by atoms with Gasteiger partial charge in [-0.25, -0.2) is 4.98 Å². The van der Waals surface area contributed by atoms with Crippen molar-refractivity contribution in [2.24, 2.45) is 5.92 Å². The maximum Gasteiger partial charge on any atom is 0.272 e. The van der Waals surface area contributed by atoms with Gasteiger partial charge < -0.3 is 10.2 Å². The van der Waals surface area contributed by atoms with Crippen molar-refractivity contribution >= 4 is 22.5 Å². The molecule has 1 heterocycles. The molecule has 4 nitrogen and oxygen atoms in total. The molecule has 110 valence electrons. The first-order valence-corrected chi connectivity index (χ1v) is 7.52. The van der Waals surface area contributed by atoms with E-state index >= 15 is 0 Å². The number of amides is 1. The fourth-order valence-corrected chi connectivity index (χ4v) is 2.84. The highest BCUT2D eigenvalue weighted by Crippen LogP contribution is 2.27. The molecule has 1 amide bonds. The molecule has 0 radical (unpaired) electrons. The minimum Gasteiger partial charge on any atom is -0.373 e. The van der Waals surface area contributed by atoms with E-state index in [2.05, 4.69) is 10.3 Å². The Morgan fingerprint density at radius 2 is 2.14 bits per heavy atom. The summed E-state index contributed by atoms with van der Waals surface area (Å²) in [7, 11) is 3.71. The lowest BCUT2D eigenvalue weighted by atomic mass is 9.85. The van der Waals surface area contributed by atoms with Gasteiger partial charge in [0.2, 0.25) is 0 Å². The molecule has 0 bridgehead atoms. The number of aromatic nitrogens is 1. The normalized spacial score (nSPS) is 14.8. The van der Waals surface area contributed by atoms with Crippen LogP contribution in [-0.4, -0.2) is 36.4 Å².